The molecular weight excluding hydrogens is 156 g/mol. The van der Waals surface area contributed by atoms with Gasteiger partial charge in [-0.25, -0.2) is 4.79 Å². The van der Waals surface area contributed by atoms with Crippen LogP contribution in [0, 0.1) is 0 Å². The zero-order valence-electron chi connectivity index (χ0n) is 7.13. The zero-order chi connectivity index (χ0) is 9.14. The Bertz CT molecular complexity index is 223. The summed E-state index contributed by atoms with van der Waals surface area (Å²) in [7, 11) is 0. The van der Waals surface area contributed by atoms with Crippen molar-refractivity contribution in [2.45, 2.75) is 13.3 Å². The van der Waals surface area contributed by atoms with Crippen LogP contribution in [-0.4, -0.2) is 24.0 Å². The van der Waals surface area contributed by atoms with Crippen molar-refractivity contribution in [3.05, 3.63) is 11.5 Å². The van der Waals surface area contributed by atoms with Crippen LogP contribution in [0.1, 0.15) is 13.3 Å². The lowest BCUT2D eigenvalue weighted by Crippen LogP contribution is -2.49. The maximum atomic E-state index is 11.2. The van der Waals surface area contributed by atoms with Crippen LogP contribution in [0.2, 0.25) is 0 Å². The van der Waals surface area contributed by atoms with E-state index in [1.807, 2.05) is 6.92 Å². The molecule has 1 aliphatic heterocycles. The maximum absolute atomic E-state index is 11.2. The molecular formula is C7H14N4O. The van der Waals surface area contributed by atoms with E-state index in [0.29, 0.717) is 24.6 Å². The lowest BCUT2D eigenvalue weighted by molar-refractivity contribution is 0.206. The number of carbonyl (C=O) groups is 1. The number of amides is 2. The van der Waals surface area contributed by atoms with Crippen molar-refractivity contribution < 1.29 is 4.79 Å². The van der Waals surface area contributed by atoms with Crippen molar-refractivity contribution in [2.24, 2.45) is 11.5 Å². The topological polar surface area (TPSA) is 84.4 Å². The van der Waals surface area contributed by atoms with Gasteiger partial charge in [0.25, 0.3) is 0 Å². The molecule has 0 saturated carbocycles. The first-order valence-electron chi connectivity index (χ1n) is 3.96. The van der Waals surface area contributed by atoms with Gasteiger partial charge >= 0.3 is 6.03 Å². The van der Waals surface area contributed by atoms with E-state index >= 15 is 0 Å². The van der Waals surface area contributed by atoms with Gasteiger partial charge in [-0.15, -0.1) is 0 Å². The lowest BCUT2D eigenvalue weighted by atomic mass is 10.3. The van der Waals surface area contributed by atoms with Gasteiger partial charge in [-0.2, -0.15) is 0 Å². The van der Waals surface area contributed by atoms with Crippen LogP contribution in [0.4, 0.5) is 4.79 Å². The van der Waals surface area contributed by atoms with E-state index < -0.39 is 0 Å². The molecule has 0 aromatic carbocycles. The Labute approximate surface area is 71.4 Å². The summed E-state index contributed by atoms with van der Waals surface area (Å²) in [6.07, 6.45) is 0.863. The molecule has 0 saturated heterocycles. The quantitative estimate of drug-likeness (QED) is 0.522. The highest BCUT2D eigenvalue weighted by atomic mass is 16.2. The molecule has 0 atom stereocenters. The Balaban J connectivity index is 2.78. The highest BCUT2D eigenvalue weighted by Gasteiger charge is 2.21. The maximum Gasteiger partial charge on any atom is 0.323 e. The summed E-state index contributed by atoms with van der Waals surface area (Å²) in [5, 5.41) is 2.62. The summed E-state index contributed by atoms with van der Waals surface area (Å²) in [6.45, 7) is 2.94. The van der Waals surface area contributed by atoms with E-state index in [9.17, 15) is 4.79 Å². The van der Waals surface area contributed by atoms with Crippen molar-refractivity contribution in [1.82, 2.24) is 10.2 Å². The van der Waals surface area contributed by atoms with Crippen LogP contribution in [0.3, 0.4) is 0 Å². The predicted molar refractivity (Wildman–Crippen MR) is 45.8 cm³/mol. The van der Waals surface area contributed by atoms with Crippen LogP contribution in [0.5, 0.6) is 0 Å². The average Bonchev–Trinajstić information content (AvgIpc) is 2.06. The number of carbonyl (C=O) groups excluding carboxylic acids is 1. The minimum absolute atomic E-state index is 0.163. The molecule has 5 nitrogen and oxygen atoms in total. The average molecular weight is 170 g/mol. The zero-order valence-corrected chi connectivity index (χ0v) is 7.13. The van der Waals surface area contributed by atoms with Gasteiger partial charge in [0.15, 0.2) is 0 Å². The molecule has 1 rings (SSSR count). The molecule has 1 aliphatic rings. The van der Waals surface area contributed by atoms with Crippen molar-refractivity contribution in [3.8, 4) is 0 Å². The third-order valence-electron chi connectivity index (χ3n) is 1.74. The van der Waals surface area contributed by atoms with E-state index in [-0.39, 0.29) is 6.03 Å². The number of nitrogens with two attached hydrogens (primary N) is 2. The van der Waals surface area contributed by atoms with Crippen molar-refractivity contribution in [2.75, 3.05) is 13.1 Å². The number of rotatable bonds is 2. The molecule has 0 aromatic heterocycles. The van der Waals surface area contributed by atoms with E-state index in [1.54, 1.807) is 0 Å². The first-order valence-corrected chi connectivity index (χ1v) is 3.96. The summed E-state index contributed by atoms with van der Waals surface area (Å²) in [5.41, 5.74) is 11.7. The lowest BCUT2D eigenvalue weighted by Gasteiger charge is -2.28. The number of hydrogen-bond donors (Lipinski definition) is 3. The van der Waals surface area contributed by atoms with E-state index in [1.165, 1.54) is 4.90 Å². The second-order valence-electron chi connectivity index (χ2n) is 2.72. The molecule has 5 N–H and O–H groups in total. The molecule has 0 fully saturated rings. The third kappa shape index (κ3) is 1.44. The Kier molecular flexibility index (Phi) is 2.42. The number of nitrogens with one attached hydrogen (secondary N) is 1. The number of hydrogen-bond acceptors (Lipinski definition) is 3. The summed E-state index contributed by atoms with van der Waals surface area (Å²) in [5.74, 6) is 0.389. The molecule has 0 bridgehead atoms. The van der Waals surface area contributed by atoms with Crippen LogP contribution >= 0.6 is 0 Å². The van der Waals surface area contributed by atoms with Gasteiger partial charge in [-0.3, -0.25) is 4.90 Å². The summed E-state index contributed by atoms with van der Waals surface area (Å²) < 4.78 is 0. The number of urea groups is 1. The summed E-state index contributed by atoms with van der Waals surface area (Å²) >= 11 is 0. The first kappa shape index (κ1) is 8.70. The van der Waals surface area contributed by atoms with Gasteiger partial charge in [0, 0.05) is 6.54 Å². The fourth-order valence-electron chi connectivity index (χ4n) is 1.09. The highest BCUT2D eigenvalue weighted by Crippen LogP contribution is 2.06. The third-order valence-corrected chi connectivity index (χ3v) is 1.74. The molecule has 5 heteroatoms. The largest absolute Gasteiger partial charge is 0.398 e. The summed E-state index contributed by atoms with van der Waals surface area (Å²) in [4.78, 5) is 12.6. The van der Waals surface area contributed by atoms with Gasteiger partial charge in [-0.1, -0.05) is 6.92 Å². The molecule has 12 heavy (non-hydrogen) atoms. The molecule has 1 heterocycles. The molecule has 0 spiro atoms. The van der Waals surface area contributed by atoms with E-state index in [2.05, 4.69) is 5.32 Å². The second-order valence-corrected chi connectivity index (χ2v) is 2.72. The minimum Gasteiger partial charge on any atom is -0.398 e. The van der Waals surface area contributed by atoms with Gasteiger partial charge < -0.3 is 16.8 Å². The minimum atomic E-state index is -0.163. The number of nitrogens with zero attached hydrogens (tertiary/aromatic N) is 1. The van der Waals surface area contributed by atoms with Gasteiger partial charge in [0.1, 0.15) is 5.82 Å². The molecule has 68 valence electrons. The Morgan fingerprint density at radius 1 is 1.58 bits per heavy atom. The molecule has 2 amide bonds. The SMILES string of the molecule is CCCN1C(=O)NCC(N)=C1N. The standard InChI is InChI=1S/C7H14N4O/c1-2-3-11-6(9)5(8)4-10-7(11)12/h2-4,8-9H2,1H3,(H,10,12). The first-order chi connectivity index (χ1) is 5.66. The Hall–Kier alpha value is -1.39. The van der Waals surface area contributed by atoms with Gasteiger partial charge in [-0.05, 0) is 6.42 Å². The fraction of sp³-hybridized carbons (Fsp3) is 0.571. The molecule has 0 unspecified atom stereocenters. The Morgan fingerprint density at radius 3 is 2.83 bits per heavy atom. The van der Waals surface area contributed by atoms with E-state index in [4.69, 9.17) is 11.5 Å². The van der Waals surface area contributed by atoms with Crippen LogP contribution in [-0.2, 0) is 0 Å². The molecule has 0 aromatic rings. The van der Waals surface area contributed by atoms with Gasteiger partial charge in [0.05, 0.1) is 12.2 Å². The van der Waals surface area contributed by atoms with E-state index in [0.717, 1.165) is 6.42 Å². The predicted octanol–water partition coefficient (Wildman–Crippen LogP) is -0.492. The van der Waals surface area contributed by atoms with Crippen molar-refractivity contribution in [3.63, 3.8) is 0 Å². The Morgan fingerprint density at radius 2 is 2.25 bits per heavy atom. The van der Waals surface area contributed by atoms with Crippen LogP contribution < -0.4 is 16.8 Å². The second kappa shape index (κ2) is 3.34. The smallest absolute Gasteiger partial charge is 0.323 e. The molecule has 0 aliphatic carbocycles. The normalized spacial score (nSPS) is 18.1. The van der Waals surface area contributed by atoms with Crippen LogP contribution in [0.25, 0.3) is 0 Å². The molecule has 0 radical (unpaired) electrons. The van der Waals surface area contributed by atoms with Gasteiger partial charge in [0.2, 0.25) is 0 Å². The fourth-order valence-corrected chi connectivity index (χ4v) is 1.09. The van der Waals surface area contributed by atoms with Crippen molar-refractivity contribution in [1.29, 1.82) is 0 Å². The van der Waals surface area contributed by atoms with Crippen molar-refractivity contribution >= 4 is 6.03 Å². The van der Waals surface area contributed by atoms with Crippen LogP contribution in [0.15, 0.2) is 11.5 Å². The summed E-state index contributed by atoms with van der Waals surface area (Å²) in [6, 6.07) is -0.163. The monoisotopic (exact) mass is 170 g/mol. The highest BCUT2D eigenvalue weighted by molar-refractivity contribution is 5.77.